The lowest BCUT2D eigenvalue weighted by molar-refractivity contribution is -0.143. The molecule has 2 aliphatic rings. The van der Waals surface area contributed by atoms with E-state index in [4.69, 9.17) is 14.5 Å². The third-order valence-corrected chi connectivity index (χ3v) is 9.04. The first-order valence-corrected chi connectivity index (χ1v) is 15.4. The molecule has 0 saturated carbocycles. The molecule has 2 aromatic carbocycles. The van der Waals surface area contributed by atoms with Crippen LogP contribution in [0, 0.1) is 6.92 Å². The third kappa shape index (κ3) is 6.29. The SMILES string of the molecule is COc1ccc(-c2nn(C)c(C(=O)O)c2C)cc1-c1ccc(N2CCC2)nc1CN1C(=O)O[C@H](c2cc(C(F)(F)F)cc(C(F)(F)F)c2)[C@@H]1C. The number of hydrogen-bond donors (Lipinski definition) is 1. The van der Waals surface area contributed by atoms with Gasteiger partial charge in [-0.1, -0.05) is 0 Å². The van der Waals surface area contributed by atoms with Crippen LogP contribution < -0.4 is 9.64 Å². The number of amides is 1. The van der Waals surface area contributed by atoms with Crippen LogP contribution in [0.3, 0.4) is 0 Å². The molecule has 1 amide bonds. The number of carboxylic acid groups (broad SMARTS) is 1. The fourth-order valence-electron chi connectivity index (χ4n) is 6.31. The molecular weight excluding hydrogens is 672 g/mol. The van der Waals surface area contributed by atoms with E-state index in [1.165, 1.54) is 30.7 Å². The number of aromatic carboxylic acids is 1. The van der Waals surface area contributed by atoms with E-state index in [1.807, 2.05) is 4.90 Å². The van der Waals surface area contributed by atoms with Gasteiger partial charge in [0, 0.05) is 42.4 Å². The molecule has 4 heterocycles. The molecule has 2 aliphatic heterocycles. The summed E-state index contributed by atoms with van der Waals surface area (Å²) in [6.45, 7) is 4.40. The van der Waals surface area contributed by atoms with Crippen LogP contribution >= 0.6 is 0 Å². The number of methoxy groups -OCH3 is 1. The van der Waals surface area contributed by atoms with Gasteiger partial charge in [0.2, 0.25) is 0 Å². The molecule has 4 aromatic rings. The summed E-state index contributed by atoms with van der Waals surface area (Å²) in [6, 6.07) is 8.90. The topological polar surface area (TPSA) is 110 Å². The van der Waals surface area contributed by atoms with E-state index in [0.29, 0.717) is 57.3 Å². The molecule has 2 saturated heterocycles. The van der Waals surface area contributed by atoms with E-state index >= 15 is 0 Å². The number of benzene rings is 2. The Kier molecular flexibility index (Phi) is 8.68. The minimum atomic E-state index is -5.08. The van der Waals surface area contributed by atoms with Gasteiger partial charge in [-0.2, -0.15) is 31.4 Å². The van der Waals surface area contributed by atoms with Gasteiger partial charge in [-0.15, -0.1) is 0 Å². The number of carboxylic acids is 1. The van der Waals surface area contributed by atoms with Gasteiger partial charge in [0.05, 0.1) is 42.2 Å². The van der Waals surface area contributed by atoms with Crippen molar-refractivity contribution in [3.8, 4) is 28.1 Å². The summed E-state index contributed by atoms with van der Waals surface area (Å²) >= 11 is 0. The van der Waals surface area contributed by atoms with E-state index in [2.05, 4.69) is 5.10 Å². The van der Waals surface area contributed by atoms with Crippen LogP contribution in [0.1, 0.15) is 57.9 Å². The lowest BCUT2D eigenvalue weighted by atomic mass is 9.96. The highest BCUT2D eigenvalue weighted by molar-refractivity contribution is 5.90. The Bertz CT molecular complexity index is 1960. The molecule has 6 rings (SSSR count). The zero-order valence-corrected chi connectivity index (χ0v) is 27.2. The molecule has 2 atom stereocenters. The van der Waals surface area contributed by atoms with E-state index in [0.717, 1.165) is 19.5 Å². The molecule has 16 heteroatoms. The smallest absolute Gasteiger partial charge is 0.416 e. The summed E-state index contributed by atoms with van der Waals surface area (Å²) < 4.78 is 94.2. The first-order chi connectivity index (χ1) is 23.5. The number of carbonyl (C=O) groups is 2. The number of cyclic esters (lactones) is 1. The van der Waals surface area contributed by atoms with Gasteiger partial charge >= 0.3 is 24.4 Å². The molecule has 50 heavy (non-hydrogen) atoms. The van der Waals surface area contributed by atoms with Gasteiger partial charge in [-0.3, -0.25) is 9.58 Å². The van der Waals surface area contributed by atoms with Crippen molar-refractivity contribution in [2.24, 2.45) is 7.05 Å². The van der Waals surface area contributed by atoms with Crippen molar-refractivity contribution >= 4 is 17.9 Å². The minimum absolute atomic E-state index is 0.0119. The largest absolute Gasteiger partial charge is 0.496 e. The van der Waals surface area contributed by atoms with E-state index in [9.17, 15) is 41.0 Å². The van der Waals surface area contributed by atoms with Crippen LogP contribution in [-0.4, -0.2) is 63.1 Å². The second-order valence-electron chi connectivity index (χ2n) is 12.2. The first kappa shape index (κ1) is 34.6. The molecule has 10 nitrogen and oxygen atoms in total. The van der Waals surface area contributed by atoms with Crippen molar-refractivity contribution in [3.63, 3.8) is 0 Å². The molecule has 2 aromatic heterocycles. The average Bonchev–Trinajstić information content (AvgIpc) is 3.48. The highest BCUT2D eigenvalue weighted by atomic mass is 19.4. The molecule has 2 fully saturated rings. The van der Waals surface area contributed by atoms with E-state index in [-0.39, 0.29) is 18.3 Å². The molecule has 0 spiro atoms. The van der Waals surface area contributed by atoms with Gasteiger partial charge in [0.1, 0.15) is 23.4 Å². The number of anilines is 1. The number of hydrogen-bond acceptors (Lipinski definition) is 7. The number of halogens is 6. The van der Waals surface area contributed by atoms with Gasteiger partial charge in [0.25, 0.3) is 0 Å². The van der Waals surface area contributed by atoms with E-state index in [1.54, 1.807) is 37.3 Å². The van der Waals surface area contributed by atoms with Crippen molar-refractivity contribution in [2.45, 2.75) is 51.3 Å². The number of rotatable bonds is 8. The van der Waals surface area contributed by atoms with Crippen LogP contribution in [0.25, 0.3) is 22.4 Å². The van der Waals surface area contributed by atoms with Crippen LogP contribution in [0.5, 0.6) is 5.75 Å². The van der Waals surface area contributed by atoms with Crippen molar-refractivity contribution in [1.82, 2.24) is 19.7 Å². The summed E-state index contributed by atoms with van der Waals surface area (Å²) in [4.78, 5) is 33.2. The van der Waals surface area contributed by atoms with Crippen LogP contribution in [0.2, 0.25) is 0 Å². The Morgan fingerprint density at radius 1 is 1.00 bits per heavy atom. The average molecular weight is 704 g/mol. The Labute approximate surface area is 281 Å². The zero-order chi connectivity index (χ0) is 36.3. The summed E-state index contributed by atoms with van der Waals surface area (Å²) in [5.74, 6) is -0.115. The highest BCUT2D eigenvalue weighted by Crippen LogP contribution is 2.43. The number of aryl methyl sites for hydroxylation is 1. The molecule has 0 unspecified atom stereocenters. The summed E-state index contributed by atoms with van der Waals surface area (Å²) in [5, 5.41) is 14.1. The van der Waals surface area contributed by atoms with Crippen molar-refractivity contribution in [2.75, 3.05) is 25.1 Å². The zero-order valence-electron chi connectivity index (χ0n) is 27.2. The molecular formula is C34H31F6N5O5. The predicted octanol–water partition coefficient (Wildman–Crippen LogP) is 7.49. The lowest BCUT2D eigenvalue weighted by Gasteiger charge is -2.33. The monoisotopic (exact) mass is 703 g/mol. The fourth-order valence-corrected chi connectivity index (χ4v) is 6.31. The second kappa shape index (κ2) is 12.6. The maximum atomic E-state index is 13.6. The number of nitrogens with zero attached hydrogens (tertiary/aromatic N) is 5. The standard InChI is InChI=1S/C34H31F6N5O5/c1-17-28(42-43(3)29(17)31(46)47)19-6-8-26(49-4)24(14-19)23-7-9-27(44-10-5-11-44)41-25(23)16-45-18(2)30(50-32(45)48)20-12-21(33(35,36)37)15-22(13-20)34(38,39)40/h6-9,12-15,18,30H,5,10-11,16H2,1-4H3,(H,46,47)/t18-,30-/m0/s1. The number of aromatic nitrogens is 3. The Balaban J connectivity index is 1.42. The van der Waals surface area contributed by atoms with Gasteiger partial charge in [-0.05, 0) is 74.4 Å². The predicted molar refractivity (Wildman–Crippen MR) is 168 cm³/mol. The normalized spacial score (nSPS) is 17.9. The Morgan fingerprint density at radius 3 is 2.20 bits per heavy atom. The lowest BCUT2D eigenvalue weighted by Crippen LogP contribution is -2.38. The van der Waals surface area contributed by atoms with Gasteiger partial charge in [-0.25, -0.2) is 14.6 Å². The van der Waals surface area contributed by atoms with Crippen LogP contribution in [-0.2, 0) is 30.7 Å². The molecule has 1 N–H and O–H groups in total. The van der Waals surface area contributed by atoms with Crippen LogP contribution in [0.15, 0.2) is 48.5 Å². The fraction of sp³-hybridized carbons (Fsp3) is 0.353. The maximum absolute atomic E-state index is 13.6. The maximum Gasteiger partial charge on any atom is 0.416 e. The number of carbonyl (C=O) groups excluding carboxylic acids is 1. The van der Waals surface area contributed by atoms with E-state index < -0.39 is 53.3 Å². The molecule has 0 radical (unpaired) electrons. The third-order valence-electron chi connectivity index (χ3n) is 9.04. The summed E-state index contributed by atoms with van der Waals surface area (Å²) in [6.07, 6.45) is -11.6. The molecule has 264 valence electrons. The quantitative estimate of drug-likeness (QED) is 0.188. The number of alkyl halides is 6. The summed E-state index contributed by atoms with van der Waals surface area (Å²) in [5.41, 5.74) is -0.643. The second-order valence-corrected chi connectivity index (χ2v) is 12.2. The summed E-state index contributed by atoms with van der Waals surface area (Å²) in [7, 11) is 2.98. The highest BCUT2D eigenvalue weighted by Gasteiger charge is 2.43. The van der Waals surface area contributed by atoms with Crippen molar-refractivity contribution in [1.29, 1.82) is 0 Å². The van der Waals surface area contributed by atoms with Crippen LogP contribution in [0.4, 0.5) is 37.0 Å². The molecule has 0 bridgehead atoms. The van der Waals surface area contributed by atoms with Crippen molar-refractivity contribution in [3.05, 3.63) is 82.2 Å². The minimum Gasteiger partial charge on any atom is -0.496 e. The first-order valence-electron chi connectivity index (χ1n) is 15.4. The molecule has 0 aliphatic carbocycles. The van der Waals surface area contributed by atoms with Gasteiger partial charge in [0.15, 0.2) is 0 Å². The Morgan fingerprint density at radius 2 is 1.66 bits per heavy atom. The number of ether oxygens (including phenoxy) is 2. The number of pyridine rings is 1. The van der Waals surface area contributed by atoms with Crippen molar-refractivity contribution < 1.29 is 50.5 Å². The Hall–Kier alpha value is -5.28. The van der Waals surface area contributed by atoms with Gasteiger partial charge < -0.3 is 19.5 Å².